The fraction of sp³-hybridized carbons (Fsp3) is 0.370. The maximum Gasteiger partial charge on any atom is 0.417 e. The lowest BCUT2D eigenvalue weighted by Gasteiger charge is -2.35. The molecule has 0 radical (unpaired) electrons. The van der Waals surface area contributed by atoms with Crippen molar-refractivity contribution in [2.75, 3.05) is 26.2 Å². The Morgan fingerprint density at radius 1 is 0.921 bits per heavy atom. The van der Waals surface area contributed by atoms with Gasteiger partial charge in [0.2, 0.25) is 0 Å². The van der Waals surface area contributed by atoms with E-state index in [0.717, 1.165) is 6.07 Å². The summed E-state index contributed by atoms with van der Waals surface area (Å²) in [5, 5.41) is 0. The van der Waals surface area contributed by atoms with Gasteiger partial charge in [-0.15, -0.1) is 0 Å². The Kier molecular flexibility index (Phi) is 6.12. The summed E-state index contributed by atoms with van der Waals surface area (Å²) >= 11 is 0. The molecule has 2 amide bonds. The van der Waals surface area contributed by atoms with Gasteiger partial charge in [0.05, 0.1) is 28.4 Å². The van der Waals surface area contributed by atoms with Crippen LogP contribution in [0.4, 0.5) is 18.0 Å². The second kappa shape index (κ2) is 9.07. The van der Waals surface area contributed by atoms with Crippen LogP contribution in [-0.2, 0) is 18.0 Å². The van der Waals surface area contributed by atoms with Gasteiger partial charge in [-0.25, -0.2) is 9.78 Å². The second-order valence-electron chi connectivity index (χ2n) is 10.4. The second-order valence-corrected chi connectivity index (χ2v) is 10.4. The Labute approximate surface area is 217 Å². The lowest BCUT2D eigenvalue weighted by Crippen LogP contribution is -2.51. The van der Waals surface area contributed by atoms with Gasteiger partial charge in [0.15, 0.2) is 0 Å². The van der Waals surface area contributed by atoms with Gasteiger partial charge in [-0.05, 0) is 56.7 Å². The molecule has 4 heterocycles. The van der Waals surface area contributed by atoms with Crippen molar-refractivity contribution in [2.45, 2.75) is 32.5 Å². The summed E-state index contributed by atoms with van der Waals surface area (Å²) in [6, 6.07) is 9.07. The standard InChI is InChI=1S/C27H28F3N5O3/c1-26(2,3)38-25(37)34-12-10-33(11-13-34)24(36)22-8-7-21-17(6-5-9-35(21)22)18-14-20-23(32(4)16-31-20)15-19(18)27(28,29)30/h5-9,14-16H,10-13H2,1-4H3. The van der Waals surface area contributed by atoms with E-state index in [1.54, 1.807) is 77.0 Å². The van der Waals surface area contributed by atoms with E-state index in [-0.39, 0.29) is 11.5 Å². The molecule has 1 saturated heterocycles. The van der Waals surface area contributed by atoms with Crippen LogP contribution in [0.1, 0.15) is 36.8 Å². The molecule has 0 N–H and O–H groups in total. The zero-order valence-electron chi connectivity index (χ0n) is 21.5. The van der Waals surface area contributed by atoms with Crippen LogP contribution in [0.2, 0.25) is 0 Å². The first-order chi connectivity index (χ1) is 17.8. The highest BCUT2D eigenvalue weighted by Gasteiger charge is 2.35. The summed E-state index contributed by atoms with van der Waals surface area (Å²) in [6.07, 6.45) is -1.87. The van der Waals surface area contributed by atoms with Crippen LogP contribution in [0, 0.1) is 0 Å². The van der Waals surface area contributed by atoms with Crippen molar-refractivity contribution in [2.24, 2.45) is 7.05 Å². The molecule has 1 fully saturated rings. The van der Waals surface area contributed by atoms with Crippen LogP contribution in [0.5, 0.6) is 0 Å². The number of fused-ring (bicyclic) bond motifs is 2. The van der Waals surface area contributed by atoms with E-state index in [1.165, 1.54) is 12.4 Å². The number of aryl methyl sites for hydroxylation is 1. The largest absolute Gasteiger partial charge is 0.444 e. The molecular formula is C27H28F3N5O3. The highest BCUT2D eigenvalue weighted by atomic mass is 19.4. The Morgan fingerprint density at radius 3 is 2.26 bits per heavy atom. The Morgan fingerprint density at radius 2 is 1.61 bits per heavy atom. The van der Waals surface area contributed by atoms with Crippen LogP contribution >= 0.6 is 0 Å². The number of halogens is 3. The number of pyridine rings is 1. The number of amides is 2. The number of carbonyl (C=O) groups excluding carboxylic acids is 2. The van der Waals surface area contributed by atoms with E-state index >= 15 is 0 Å². The maximum absolute atomic E-state index is 14.1. The fourth-order valence-corrected chi connectivity index (χ4v) is 4.75. The third kappa shape index (κ3) is 4.68. The van der Waals surface area contributed by atoms with Gasteiger partial charge < -0.3 is 23.5 Å². The average molecular weight is 528 g/mol. The van der Waals surface area contributed by atoms with Crippen LogP contribution in [0.15, 0.2) is 48.9 Å². The zero-order valence-corrected chi connectivity index (χ0v) is 21.5. The number of piperazine rings is 1. The van der Waals surface area contributed by atoms with Gasteiger partial charge in [0.1, 0.15) is 11.3 Å². The van der Waals surface area contributed by atoms with Crippen molar-refractivity contribution in [1.82, 2.24) is 23.8 Å². The molecule has 4 aromatic rings. The predicted octanol–water partition coefficient (Wildman–Crippen LogP) is 5.20. The molecule has 11 heteroatoms. The number of nitrogens with zero attached hydrogens (tertiary/aromatic N) is 5. The molecule has 0 unspecified atom stereocenters. The number of aromatic nitrogens is 3. The third-order valence-corrected chi connectivity index (χ3v) is 6.59. The molecule has 8 nitrogen and oxygen atoms in total. The molecule has 0 aliphatic carbocycles. The number of ether oxygens (including phenoxy) is 1. The highest BCUT2D eigenvalue weighted by Crippen LogP contribution is 2.40. The summed E-state index contributed by atoms with van der Waals surface area (Å²) in [5.41, 5.74) is 0.601. The summed E-state index contributed by atoms with van der Waals surface area (Å²) < 4.78 is 50.9. The van der Waals surface area contributed by atoms with E-state index < -0.39 is 23.4 Å². The lowest BCUT2D eigenvalue weighted by molar-refractivity contribution is -0.137. The Bertz CT molecular complexity index is 1540. The summed E-state index contributed by atoms with van der Waals surface area (Å²) in [5.74, 6) is -0.262. The number of hydrogen-bond donors (Lipinski definition) is 0. The fourth-order valence-electron chi connectivity index (χ4n) is 4.75. The molecule has 0 atom stereocenters. The van der Waals surface area contributed by atoms with Crippen molar-refractivity contribution >= 4 is 28.6 Å². The SMILES string of the molecule is Cn1cnc2cc(-c3cccn4c(C(=O)N5CCN(C(=O)OC(C)(C)C)CC5)ccc34)c(C(F)(F)F)cc21. The number of alkyl halides is 3. The predicted molar refractivity (Wildman–Crippen MR) is 136 cm³/mol. The maximum atomic E-state index is 14.1. The van der Waals surface area contributed by atoms with Crippen molar-refractivity contribution in [3.05, 3.63) is 60.2 Å². The van der Waals surface area contributed by atoms with Crippen LogP contribution in [0.3, 0.4) is 0 Å². The molecule has 1 aromatic carbocycles. The molecule has 38 heavy (non-hydrogen) atoms. The normalized spacial score (nSPS) is 14.9. The number of hydrogen-bond acceptors (Lipinski definition) is 4. The summed E-state index contributed by atoms with van der Waals surface area (Å²) in [6.45, 7) is 6.68. The topological polar surface area (TPSA) is 72.1 Å². The molecule has 1 aliphatic heterocycles. The van der Waals surface area contributed by atoms with Crippen molar-refractivity contribution in [3.8, 4) is 11.1 Å². The first-order valence-corrected chi connectivity index (χ1v) is 12.2. The number of benzene rings is 1. The van der Waals surface area contributed by atoms with Crippen LogP contribution < -0.4 is 0 Å². The molecule has 0 saturated carbocycles. The molecule has 5 rings (SSSR count). The number of rotatable bonds is 2. The summed E-state index contributed by atoms with van der Waals surface area (Å²) in [4.78, 5) is 33.2. The van der Waals surface area contributed by atoms with Gasteiger partial charge in [-0.3, -0.25) is 4.79 Å². The Hall–Kier alpha value is -4.02. The highest BCUT2D eigenvalue weighted by molar-refractivity contribution is 5.97. The number of carbonyl (C=O) groups is 2. The summed E-state index contributed by atoms with van der Waals surface area (Å²) in [7, 11) is 1.65. The minimum absolute atomic E-state index is 0.00243. The number of imidazole rings is 1. The molecule has 0 spiro atoms. The van der Waals surface area contributed by atoms with E-state index in [4.69, 9.17) is 4.74 Å². The van der Waals surface area contributed by atoms with Crippen molar-refractivity contribution < 1.29 is 27.5 Å². The van der Waals surface area contributed by atoms with Crippen LogP contribution in [0.25, 0.3) is 27.7 Å². The molecular weight excluding hydrogens is 499 g/mol. The van der Waals surface area contributed by atoms with Gasteiger partial charge in [0, 0.05) is 45.0 Å². The van der Waals surface area contributed by atoms with E-state index in [1.807, 2.05) is 0 Å². The van der Waals surface area contributed by atoms with Gasteiger partial charge in [0.25, 0.3) is 5.91 Å². The third-order valence-electron chi connectivity index (χ3n) is 6.59. The quantitative estimate of drug-likeness (QED) is 0.359. The van der Waals surface area contributed by atoms with Crippen LogP contribution in [-0.4, -0.2) is 67.5 Å². The minimum atomic E-state index is -4.58. The first kappa shape index (κ1) is 25.6. The first-order valence-electron chi connectivity index (χ1n) is 12.2. The van der Waals surface area contributed by atoms with Gasteiger partial charge >= 0.3 is 12.3 Å². The van der Waals surface area contributed by atoms with Gasteiger partial charge in [-0.2, -0.15) is 13.2 Å². The van der Waals surface area contributed by atoms with Gasteiger partial charge in [-0.1, -0.05) is 6.07 Å². The molecule has 200 valence electrons. The lowest BCUT2D eigenvalue weighted by atomic mass is 9.98. The van der Waals surface area contributed by atoms with E-state index in [9.17, 15) is 22.8 Å². The molecule has 3 aromatic heterocycles. The monoisotopic (exact) mass is 527 g/mol. The van der Waals surface area contributed by atoms with E-state index in [2.05, 4.69) is 4.98 Å². The minimum Gasteiger partial charge on any atom is -0.444 e. The average Bonchev–Trinajstić information content (AvgIpc) is 3.45. The smallest absolute Gasteiger partial charge is 0.417 e. The molecule has 1 aliphatic rings. The van der Waals surface area contributed by atoms with E-state index in [0.29, 0.717) is 54.0 Å². The van der Waals surface area contributed by atoms with Crippen molar-refractivity contribution in [1.29, 1.82) is 0 Å². The molecule has 0 bridgehead atoms. The van der Waals surface area contributed by atoms with Crippen molar-refractivity contribution in [3.63, 3.8) is 0 Å². The Balaban J connectivity index is 1.46. The zero-order chi connectivity index (χ0) is 27.4.